The van der Waals surface area contributed by atoms with Crippen molar-refractivity contribution in [3.05, 3.63) is 29.7 Å². The third-order valence-corrected chi connectivity index (χ3v) is 5.72. The van der Waals surface area contributed by atoms with Crippen molar-refractivity contribution < 1.29 is 0 Å². The lowest BCUT2D eigenvalue weighted by molar-refractivity contribution is 0.317. The van der Waals surface area contributed by atoms with Crippen molar-refractivity contribution in [2.24, 2.45) is 18.4 Å². The molecule has 2 aromatic heterocycles. The SMILES string of the molecule is Cc1nn(C)cc1-c1ccc(CCC2CC23CCNCC3)nn1. The molecule has 3 heterocycles. The lowest BCUT2D eigenvalue weighted by Crippen LogP contribution is -2.29. The Morgan fingerprint density at radius 2 is 2.09 bits per heavy atom. The van der Waals surface area contributed by atoms with Crippen LogP contribution in [-0.4, -0.2) is 33.1 Å². The van der Waals surface area contributed by atoms with Gasteiger partial charge in [0.1, 0.15) is 0 Å². The second-order valence-electron chi connectivity index (χ2n) is 7.26. The lowest BCUT2D eigenvalue weighted by Gasteiger charge is -2.23. The van der Waals surface area contributed by atoms with Gasteiger partial charge < -0.3 is 5.32 Å². The first kappa shape index (κ1) is 14.8. The maximum absolute atomic E-state index is 4.44. The van der Waals surface area contributed by atoms with E-state index < -0.39 is 0 Å². The molecule has 122 valence electrons. The van der Waals surface area contributed by atoms with Crippen LogP contribution in [0, 0.1) is 18.3 Å². The molecule has 1 aliphatic heterocycles. The van der Waals surface area contributed by atoms with Gasteiger partial charge in [-0.05, 0) is 75.6 Å². The molecule has 2 fully saturated rings. The van der Waals surface area contributed by atoms with Gasteiger partial charge in [0.05, 0.1) is 17.1 Å². The molecule has 0 radical (unpaired) electrons. The second-order valence-corrected chi connectivity index (χ2v) is 7.26. The average Bonchev–Trinajstić information content (AvgIpc) is 3.10. The highest BCUT2D eigenvalue weighted by Gasteiger charge is 2.52. The van der Waals surface area contributed by atoms with E-state index in [-0.39, 0.29) is 0 Å². The van der Waals surface area contributed by atoms with Gasteiger partial charge >= 0.3 is 0 Å². The molecule has 0 bridgehead atoms. The summed E-state index contributed by atoms with van der Waals surface area (Å²) in [6.45, 7) is 4.42. The third kappa shape index (κ3) is 2.90. The Hall–Kier alpha value is -1.75. The molecule has 23 heavy (non-hydrogen) atoms. The Morgan fingerprint density at radius 1 is 1.26 bits per heavy atom. The molecule has 1 unspecified atom stereocenters. The smallest absolute Gasteiger partial charge is 0.0964 e. The fraction of sp³-hybridized carbons (Fsp3) is 0.611. The van der Waals surface area contributed by atoms with E-state index in [1.165, 1.54) is 38.8 Å². The van der Waals surface area contributed by atoms with Gasteiger partial charge in [-0.2, -0.15) is 15.3 Å². The fourth-order valence-corrected chi connectivity index (χ4v) is 4.19. The highest BCUT2D eigenvalue weighted by molar-refractivity contribution is 5.60. The van der Waals surface area contributed by atoms with Gasteiger partial charge in [0.2, 0.25) is 0 Å². The van der Waals surface area contributed by atoms with Crippen LogP contribution in [0.4, 0.5) is 0 Å². The van der Waals surface area contributed by atoms with Crippen LogP contribution in [0.5, 0.6) is 0 Å². The van der Waals surface area contributed by atoms with E-state index in [4.69, 9.17) is 0 Å². The predicted molar refractivity (Wildman–Crippen MR) is 89.9 cm³/mol. The molecule has 2 aliphatic rings. The molecule has 1 N–H and O–H groups in total. The Balaban J connectivity index is 1.37. The summed E-state index contributed by atoms with van der Waals surface area (Å²) in [5.41, 5.74) is 4.78. The van der Waals surface area contributed by atoms with E-state index in [1.54, 1.807) is 0 Å². The van der Waals surface area contributed by atoms with Crippen molar-refractivity contribution in [1.82, 2.24) is 25.3 Å². The van der Waals surface area contributed by atoms with Gasteiger partial charge in [-0.3, -0.25) is 4.68 Å². The van der Waals surface area contributed by atoms with Gasteiger partial charge in [-0.15, -0.1) is 0 Å². The fourth-order valence-electron chi connectivity index (χ4n) is 4.19. The summed E-state index contributed by atoms with van der Waals surface area (Å²) in [6.07, 6.45) is 8.48. The Morgan fingerprint density at radius 3 is 2.74 bits per heavy atom. The number of aromatic nitrogens is 4. The Bertz CT molecular complexity index is 682. The zero-order valence-electron chi connectivity index (χ0n) is 14.0. The molecule has 1 saturated heterocycles. The average molecular weight is 311 g/mol. The number of hydrogen-bond acceptors (Lipinski definition) is 4. The molecule has 1 atom stereocenters. The summed E-state index contributed by atoms with van der Waals surface area (Å²) in [5, 5.41) is 16.7. The largest absolute Gasteiger partial charge is 0.317 e. The molecule has 4 rings (SSSR count). The molecule has 0 aromatic carbocycles. The van der Waals surface area contributed by atoms with Crippen molar-refractivity contribution in [3.8, 4) is 11.3 Å². The quantitative estimate of drug-likeness (QED) is 0.942. The van der Waals surface area contributed by atoms with Crippen LogP contribution in [0.15, 0.2) is 18.3 Å². The number of nitrogens with one attached hydrogen (secondary N) is 1. The van der Waals surface area contributed by atoms with Crippen LogP contribution in [-0.2, 0) is 13.5 Å². The van der Waals surface area contributed by atoms with E-state index >= 15 is 0 Å². The van der Waals surface area contributed by atoms with Crippen LogP contribution in [0.1, 0.15) is 37.1 Å². The molecular weight excluding hydrogens is 286 g/mol. The summed E-state index contributed by atoms with van der Waals surface area (Å²) >= 11 is 0. The molecule has 1 aliphatic carbocycles. The topological polar surface area (TPSA) is 55.6 Å². The third-order valence-electron chi connectivity index (χ3n) is 5.72. The highest BCUT2D eigenvalue weighted by Crippen LogP contribution is 2.60. The monoisotopic (exact) mass is 311 g/mol. The summed E-state index contributed by atoms with van der Waals surface area (Å²) in [6, 6.07) is 4.21. The Labute approximate surface area is 137 Å². The van der Waals surface area contributed by atoms with E-state index in [9.17, 15) is 0 Å². The minimum atomic E-state index is 0.672. The van der Waals surface area contributed by atoms with Gasteiger partial charge in [0, 0.05) is 18.8 Å². The maximum Gasteiger partial charge on any atom is 0.0964 e. The lowest BCUT2D eigenvalue weighted by atomic mass is 9.90. The number of rotatable bonds is 4. The number of nitrogens with zero attached hydrogens (tertiary/aromatic N) is 4. The van der Waals surface area contributed by atoms with Gasteiger partial charge in [-0.1, -0.05) is 0 Å². The molecule has 2 aromatic rings. The molecule has 1 saturated carbocycles. The summed E-state index contributed by atoms with van der Waals surface area (Å²) in [5.74, 6) is 0.909. The van der Waals surface area contributed by atoms with Crippen molar-refractivity contribution in [1.29, 1.82) is 0 Å². The van der Waals surface area contributed by atoms with E-state index in [2.05, 4.69) is 32.7 Å². The maximum atomic E-state index is 4.44. The van der Waals surface area contributed by atoms with Crippen molar-refractivity contribution in [3.63, 3.8) is 0 Å². The minimum Gasteiger partial charge on any atom is -0.317 e. The predicted octanol–water partition coefficient (Wildman–Crippen LogP) is 2.51. The number of aryl methyl sites for hydroxylation is 3. The van der Waals surface area contributed by atoms with Gasteiger partial charge in [0.25, 0.3) is 0 Å². The van der Waals surface area contributed by atoms with Crippen molar-refractivity contribution >= 4 is 0 Å². The molecule has 0 amide bonds. The van der Waals surface area contributed by atoms with E-state index in [0.29, 0.717) is 5.41 Å². The zero-order chi connectivity index (χ0) is 15.9. The van der Waals surface area contributed by atoms with Crippen molar-refractivity contribution in [2.45, 2.75) is 39.0 Å². The molecule has 5 heteroatoms. The number of hydrogen-bond donors (Lipinski definition) is 1. The van der Waals surface area contributed by atoms with Crippen LogP contribution < -0.4 is 5.32 Å². The summed E-state index contributed by atoms with van der Waals surface area (Å²) in [4.78, 5) is 0. The number of piperidine rings is 1. The minimum absolute atomic E-state index is 0.672. The van der Waals surface area contributed by atoms with Gasteiger partial charge in [-0.25, -0.2) is 0 Å². The van der Waals surface area contributed by atoms with Gasteiger partial charge in [0.15, 0.2) is 0 Å². The summed E-state index contributed by atoms with van der Waals surface area (Å²) in [7, 11) is 1.94. The normalized spacial score (nSPS) is 22.4. The Kier molecular flexibility index (Phi) is 3.68. The van der Waals surface area contributed by atoms with Crippen molar-refractivity contribution in [2.75, 3.05) is 13.1 Å². The van der Waals surface area contributed by atoms with E-state index in [1.807, 2.05) is 24.9 Å². The molecule has 1 spiro atoms. The first-order chi connectivity index (χ1) is 11.2. The van der Waals surface area contributed by atoms with Crippen LogP contribution in [0.25, 0.3) is 11.3 Å². The molecule has 5 nitrogen and oxygen atoms in total. The van der Waals surface area contributed by atoms with Crippen LogP contribution in [0.2, 0.25) is 0 Å². The standard InChI is InChI=1S/C18H25N5/c1-13-16(12-23(2)22-13)17-6-5-15(20-21-17)4-3-14-11-18(14)7-9-19-10-8-18/h5-6,12,14,19H,3-4,7-11H2,1-2H3. The zero-order valence-corrected chi connectivity index (χ0v) is 14.0. The highest BCUT2D eigenvalue weighted by atomic mass is 15.3. The second kappa shape index (κ2) is 5.71. The van der Waals surface area contributed by atoms with E-state index in [0.717, 1.165) is 35.0 Å². The first-order valence-electron chi connectivity index (χ1n) is 8.70. The van der Waals surface area contributed by atoms with Crippen LogP contribution in [0.3, 0.4) is 0 Å². The molecular formula is C18H25N5. The summed E-state index contributed by atoms with van der Waals surface area (Å²) < 4.78 is 1.83. The van der Waals surface area contributed by atoms with Crippen LogP contribution >= 0.6 is 0 Å². The first-order valence-corrected chi connectivity index (χ1v) is 8.70.